The molecule has 0 fully saturated rings. The fourth-order valence-electron chi connectivity index (χ4n) is 2.28. The third-order valence-corrected chi connectivity index (χ3v) is 3.63. The first-order valence-electron chi connectivity index (χ1n) is 8.46. The topological polar surface area (TPSA) is 113 Å². The number of anilines is 2. The first-order valence-corrected chi connectivity index (χ1v) is 8.46. The Balaban J connectivity index is 1.85. The second-order valence-corrected chi connectivity index (χ2v) is 5.74. The van der Waals surface area contributed by atoms with Gasteiger partial charge in [-0.15, -0.1) is 0 Å². The summed E-state index contributed by atoms with van der Waals surface area (Å²) in [5, 5.41) is 0. The highest BCUT2D eigenvalue weighted by atomic mass is 16.5. The van der Waals surface area contributed by atoms with Crippen LogP contribution in [0.3, 0.4) is 0 Å². The third kappa shape index (κ3) is 4.36. The first kappa shape index (κ1) is 17.4. The van der Waals surface area contributed by atoms with Gasteiger partial charge in [0.25, 0.3) is 0 Å². The molecule has 3 aromatic rings. The standard InChI is InChI=1S/C19H20N6O/c1-2-3-4-11-26-18-16-17(24-19(21)25-18)23-15(12-22-16)10-7-13-5-8-14(20)9-6-13/h5-6,8-9,12H,2-4,11,20H2,1H3,(H2,21,23,24,25). The summed E-state index contributed by atoms with van der Waals surface area (Å²) in [6.07, 6.45) is 4.73. The summed E-state index contributed by atoms with van der Waals surface area (Å²) in [7, 11) is 0. The monoisotopic (exact) mass is 348 g/mol. The largest absolute Gasteiger partial charge is 0.476 e. The molecule has 4 N–H and O–H groups in total. The van der Waals surface area contributed by atoms with E-state index in [4.69, 9.17) is 16.2 Å². The molecule has 0 radical (unpaired) electrons. The Morgan fingerprint density at radius 2 is 1.81 bits per heavy atom. The van der Waals surface area contributed by atoms with Crippen LogP contribution in [-0.4, -0.2) is 26.5 Å². The smallest absolute Gasteiger partial charge is 0.247 e. The molecule has 0 saturated carbocycles. The van der Waals surface area contributed by atoms with Crippen molar-refractivity contribution in [2.24, 2.45) is 0 Å². The summed E-state index contributed by atoms with van der Waals surface area (Å²) in [6, 6.07) is 7.29. The fourth-order valence-corrected chi connectivity index (χ4v) is 2.28. The first-order chi connectivity index (χ1) is 12.7. The highest BCUT2D eigenvalue weighted by Gasteiger charge is 2.10. The van der Waals surface area contributed by atoms with Gasteiger partial charge in [0, 0.05) is 11.3 Å². The van der Waals surface area contributed by atoms with Gasteiger partial charge in [-0.2, -0.15) is 9.97 Å². The van der Waals surface area contributed by atoms with Crippen LogP contribution in [0.5, 0.6) is 5.88 Å². The van der Waals surface area contributed by atoms with Gasteiger partial charge in [-0.25, -0.2) is 9.97 Å². The Morgan fingerprint density at radius 1 is 1.00 bits per heavy atom. The molecule has 0 amide bonds. The lowest BCUT2D eigenvalue weighted by atomic mass is 10.2. The second-order valence-electron chi connectivity index (χ2n) is 5.74. The van der Waals surface area contributed by atoms with E-state index < -0.39 is 0 Å². The Morgan fingerprint density at radius 3 is 2.58 bits per heavy atom. The van der Waals surface area contributed by atoms with Crippen LogP contribution in [0.4, 0.5) is 11.6 Å². The van der Waals surface area contributed by atoms with Crippen LogP contribution in [-0.2, 0) is 0 Å². The van der Waals surface area contributed by atoms with E-state index in [-0.39, 0.29) is 5.95 Å². The molecule has 7 nitrogen and oxygen atoms in total. The van der Waals surface area contributed by atoms with Crippen molar-refractivity contribution >= 4 is 22.8 Å². The highest BCUT2D eigenvalue weighted by Crippen LogP contribution is 2.20. The van der Waals surface area contributed by atoms with Gasteiger partial charge in [0.1, 0.15) is 5.69 Å². The lowest BCUT2D eigenvalue weighted by Crippen LogP contribution is -2.05. The number of nitrogens with two attached hydrogens (primary N) is 2. The zero-order valence-corrected chi connectivity index (χ0v) is 14.6. The van der Waals surface area contributed by atoms with Gasteiger partial charge in [0.2, 0.25) is 11.8 Å². The second kappa shape index (κ2) is 8.12. The molecule has 0 bridgehead atoms. The van der Waals surface area contributed by atoms with E-state index in [1.54, 1.807) is 18.3 Å². The van der Waals surface area contributed by atoms with Gasteiger partial charge in [-0.1, -0.05) is 25.7 Å². The molecule has 0 unspecified atom stereocenters. The molecule has 0 saturated heterocycles. The number of aromatic nitrogens is 4. The summed E-state index contributed by atoms with van der Waals surface area (Å²) in [5.41, 5.74) is 14.3. The average Bonchev–Trinajstić information content (AvgIpc) is 2.64. The molecular weight excluding hydrogens is 328 g/mol. The van der Waals surface area contributed by atoms with E-state index in [2.05, 4.69) is 38.7 Å². The molecule has 132 valence electrons. The number of hydrogen-bond acceptors (Lipinski definition) is 7. The summed E-state index contributed by atoms with van der Waals surface area (Å²) in [4.78, 5) is 17.0. The van der Waals surface area contributed by atoms with E-state index in [0.717, 1.165) is 24.8 Å². The van der Waals surface area contributed by atoms with Crippen molar-refractivity contribution in [2.45, 2.75) is 26.2 Å². The maximum absolute atomic E-state index is 5.77. The Bertz CT molecular complexity index is 959. The van der Waals surface area contributed by atoms with Crippen LogP contribution in [0.25, 0.3) is 11.2 Å². The van der Waals surface area contributed by atoms with Gasteiger partial charge in [-0.3, -0.25) is 0 Å². The molecule has 26 heavy (non-hydrogen) atoms. The number of hydrogen-bond donors (Lipinski definition) is 2. The zero-order valence-electron chi connectivity index (χ0n) is 14.6. The van der Waals surface area contributed by atoms with E-state index in [9.17, 15) is 0 Å². The third-order valence-electron chi connectivity index (χ3n) is 3.63. The van der Waals surface area contributed by atoms with Crippen LogP contribution < -0.4 is 16.2 Å². The van der Waals surface area contributed by atoms with Crippen molar-refractivity contribution in [2.75, 3.05) is 18.1 Å². The molecule has 0 spiro atoms. The number of fused-ring (bicyclic) bond motifs is 1. The highest BCUT2D eigenvalue weighted by molar-refractivity contribution is 5.76. The van der Waals surface area contributed by atoms with Gasteiger partial charge < -0.3 is 16.2 Å². The van der Waals surface area contributed by atoms with Crippen LogP contribution in [0.2, 0.25) is 0 Å². The maximum atomic E-state index is 5.77. The van der Waals surface area contributed by atoms with Crippen molar-refractivity contribution in [3.05, 3.63) is 41.7 Å². The molecule has 0 aliphatic heterocycles. The van der Waals surface area contributed by atoms with E-state index in [1.807, 2.05) is 12.1 Å². The van der Waals surface area contributed by atoms with Crippen LogP contribution >= 0.6 is 0 Å². The summed E-state index contributed by atoms with van der Waals surface area (Å²) >= 11 is 0. The fraction of sp³-hybridized carbons (Fsp3) is 0.263. The predicted molar refractivity (Wildman–Crippen MR) is 101 cm³/mol. The van der Waals surface area contributed by atoms with Gasteiger partial charge in [0.05, 0.1) is 12.8 Å². The molecule has 1 aromatic carbocycles. The van der Waals surface area contributed by atoms with Crippen molar-refractivity contribution in [1.82, 2.24) is 19.9 Å². The minimum atomic E-state index is 0.0981. The Labute approximate surface area is 151 Å². The van der Waals surface area contributed by atoms with Gasteiger partial charge in [-0.05, 0) is 36.6 Å². The van der Waals surface area contributed by atoms with E-state index in [1.165, 1.54) is 0 Å². The number of unbranched alkanes of at least 4 members (excludes halogenated alkanes) is 2. The lowest BCUT2D eigenvalue weighted by Gasteiger charge is -2.07. The molecular formula is C19H20N6O. The van der Waals surface area contributed by atoms with E-state index >= 15 is 0 Å². The maximum Gasteiger partial charge on any atom is 0.247 e. The summed E-state index contributed by atoms with van der Waals surface area (Å²) in [6.45, 7) is 2.69. The molecule has 0 aliphatic carbocycles. The number of benzene rings is 1. The number of rotatable bonds is 5. The molecule has 2 aromatic heterocycles. The minimum absolute atomic E-state index is 0.0981. The minimum Gasteiger partial charge on any atom is -0.476 e. The van der Waals surface area contributed by atoms with Gasteiger partial charge >= 0.3 is 0 Å². The van der Waals surface area contributed by atoms with Crippen molar-refractivity contribution in [3.8, 4) is 17.7 Å². The van der Waals surface area contributed by atoms with Gasteiger partial charge in [0.15, 0.2) is 11.2 Å². The van der Waals surface area contributed by atoms with E-state index in [0.29, 0.717) is 35.0 Å². The Hall–Kier alpha value is -3.40. The summed E-state index contributed by atoms with van der Waals surface area (Å²) < 4.78 is 5.70. The van der Waals surface area contributed by atoms with Crippen molar-refractivity contribution < 1.29 is 4.74 Å². The molecule has 2 heterocycles. The van der Waals surface area contributed by atoms with Crippen molar-refractivity contribution in [1.29, 1.82) is 0 Å². The zero-order chi connectivity index (χ0) is 18.4. The SMILES string of the molecule is CCCCCOc1nc(N)nc2nc(C#Cc3ccc(N)cc3)cnc12. The molecule has 7 heteroatoms. The van der Waals surface area contributed by atoms with Crippen LogP contribution in [0.1, 0.15) is 37.4 Å². The molecule has 0 aliphatic rings. The average molecular weight is 348 g/mol. The van der Waals surface area contributed by atoms with Crippen LogP contribution in [0.15, 0.2) is 30.5 Å². The quantitative estimate of drug-likeness (QED) is 0.414. The number of nitrogen functional groups attached to an aromatic ring is 2. The number of ether oxygens (including phenoxy) is 1. The van der Waals surface area contributed by atoms with Crippen LogP contribution in [0, 0.1) is 11.8 Å². The molecule has 3 rings (SSSR count). The molecule has 0 atom stereocenters. The Kier molecular flexibility index (Phi) is 5.44. The summed E-state index contributed by atoms with van der Waals surface area (Å²) in [5.74, 6) is 6.44. The normalized spacial score (nSPS) is 10.3. The predicted octanol–water partition coefficient (Wildman–Crippen LogP) is 2.55. The number of nitrogens with zero attached hydrogens (tertiary/aromatic N) is 4. The van der Waals surface area contributed by atoms with Crippen molar-refractivity contribution in [3.63, 3.8) is 0 Å². The lowest BCUT2D eigenvalue weighted by molar-refractivity contribution is 0.298.